The molecule has 4 nitrogen and oxygen atoms in total. The Morgan fingerprint density at radius 1 is 0.585 bits per heavy atom. The Bertz CT molecular complexity index is 1780. The lowest BCUT2D eigenvalue weighted by Crippen LogP contribution is -2.36. The maximum Gasteiger partial charge on any atom is 0.181 e. The van der Waals surface area contributed by atoms with Crippen molar-refractivity contribution in [1.29, 1.82) is 0 Å². The SMILES string of the molecule is COC1=CC(c2ccc(OC)cc2)(c2ccc(OC)cc2)Oc2c1c1c(c3ccccc23)C(C)(C)c2ccccc2-1. The molecular weight excluding hydrogens is 508 g/mol. The largest absolute Gasteiger partial charge is 0.497 e. The summed E-state index contributed by atoms with van der Waals surface area (Å²) in [5.41, 5.74) is 6.82. The van der Waals surface area contributed by atoms with Gasteiger partial charge in [0, 0.05) is 33.6 Å². The maximum atomic E-state index is 7.35. The molecule has 1 heterocycles. The lowest BCUT2D eigenvalue weighted by Gasteiger charge is -2.39. The third kappa shape index (κ3) is 3.53. The van der Waals surface area contributed by atoms with Crippen molar-refractivity contribution in [2.75, 3.05) is 21.3 Å². The van der Waals surface area contributed by atoms with Gasteiger partial charge < -0.3 is 18.9 Å². The molecule has 0 fully saturated rings. The first-order valence-electron chi connectivity index (χ1n) is 13.9. The van der Waals surface area contributed by atoms with Gasteiger partial charge in [0.2, 0.25) is 0 Å². The molecule has 0 atom stereocenters. The maximum absolute atomic E-state index is 7.35. The first-order valence-corrected chi connectivity index (χ1v) is 13.9. The second-order valence-electron chi connectivity index (χ2n) is 11.2. The Morgan fingerprint density at radius 3 is 1.73 bits per heavy atom. The van der Waals surface area contributed by atoms with Crippen molar-refractivity contribution >= 4 is 16.5 Å². The molecule has 0 unspecified atom stereocenters. The third-order valence-corrected chi connectivity index (χ3v) is 8.76. The molecule has 1 aliphatic heterocycles. The van der Waals surface area contributed by atoms with Crippen molar-refractivity contribution in [2.45, 2.75) is 24.9 Å². The fourth-order valence-electron chi connectivity index (χ4n) is 6.78. The molecule has 0 spiro atoms. The highest BCUT2D eigenvalue weighted by Crippen LogP contribution is 2.59. The molecule has 4 heteroatoms. The number of rotatable bonds is 5. The van der Waals surface area contributed by atoms with Crippen LogP contribution in [0.1, 0.15) is 41.7 Å². The predicted octanol–water partition coefficient (Wildman–Crippen LogP) is 8.49. The summed E-state index contributed by atoms with van der Waals surface area (Å²) in [5.74, 6) is 3.17. The van der Waals surface area contributed by atoms with Gasteiger partial charge in [-0.25, -0.2) is 0 Å². The zero-order valence-electron chi connectivity index (χ0n) is 23.9. The summed E-state index contributed by atoms with van der Waals surface area (Å²) in [7, 11) is 5.11. The van der Waals surface area contributed by atoms with Crippen LogP contribution in [-0.2, 0) is 15.8 Å². The highest BCUT2D eigenvalue weighted by Gasteiger charge is 2.46. The van der Waals surface area contributed by atoms with E-state index in [4.69, 9.17) is 18.9 Å². The lowest BCUT2D eigenvalue weighted by atomic mass is 9.77. The van der Waals surface area contributed by atoms with E-state index in [0.29, 0.717) is 0 Å². The Morgan fingerprint density at radius 2 is 1.15 bits per heavy atom. The van der Waals surface area contributed by atoms with Gasteiger partial charge in [-0.15, -0.1) is 0 Å². The monoisotopic (exact) mass is 540 g/mol. The third-order valence-electron chi connectivity index (χ3n) is 8.76. The quantitative estimate of drug-likeness (QED) is 0.224. The summed E-state index contributed by atoms with van der Waals surface area (Å²) in [6, 6.07) is 33.4. The zero-order valence-corrected chi connectivity index (χ0v) is 23.9. The van der Waals surface area contributed by atoms with Gasteiger partial charge in [0.05, 0.1) is 26.9 Å². The smallest absolute Gasteiger partial charge is 0.181 e. The molecule has 2 aliphatic rings. The summed E-state index contributed by atoms with van der Waals surface area (Å²) >= 11 is 0. The lowest BCUT2D eigenvalue weighted by molar-refractivity contribution is 0.155. The van der Waals surface area contributed by atoms with Gasteiger partial charge in [-0.3, -0.25) is 0 Å². The van der Waals surface area contributed by atoms with Crippen molar-refractivity contribution in [1.82, 2.24) is 0 Å². The highest BCUT2D eigenvalue weighted by molar-refractivity contribution is 6.07. The second-order valence-corrected chi connectivity index (χ2v) is 11.2. The Kier molecular flexibility index (Phi) is 5.65. The molecule has 5 aromatic carbocycles. The van der Waals surface area contributed by atoms with Crippen LogP contribution in [0, 0.1) is 0 Å². The molecule has 0 amide bonds. The highest BCUT2D eigenvalue weighted by atomic mass is 16.5. The molecule has 0 aromatic heterocycles. The minimum atomic E-state index is -0.957. The van der Waals surface area contributed by atoms with Gasteiger partial charge in [-0.05, 0) is 46.3 Å². The standard InChI is InChI=1S/C37H32O4/c1-36(2)30-13-9-8-12-29(30)32-33-31(40-5)22-37(23-14-18-25(38-3)19-15-23,24-16-20-26(39-4)21-17-24)41-35(33)28-11-7-6-10-27(28)34(32)36/h6-22H,1-5H3. The Balaban J connectivity index is 1.59. The van der Waals surface area contributed by atoms with Crippen molar-refractivity contribution in [3.63, 3.8) is 0 Å². The summed E-state index contributed by atoms with van der Waals surface area (Å²) in [5, 5.41) is 2.26. The molecule has 204 valence electrons. The topological polar surface area (TPSA) is 36.9 Å². The number of methoxy groups -OCH3 is 3. The van der Waals surface area contributed by atoms with E-state index in [2.05, 4.69) is 92.7 Å². The average Bonchev–Trinajstić information content (AvgIpc) is 3.27. The van der Waals surface area contributed by atoms with Gasteiger partial charge in [-0.1, -0.05) is 86.6 Å². The predicted molar refractivity (Wildman–Crippen MR) is 164 cm³/mol. The van der Waals surface area contributed by atoms with Crippen LogP contribution in [0.4, 0.5) is 0 Å². The van der Waals surface area contributed by atoms with Crippen LogP contribution < -0.4 is 14.2 Å². The van der Waals surface area contributed by atoms with Crippen LogP contribution in [0.15, 0.2) is 103 Å². The molecular formula is C37H32O4. The number of hydrogen-bond donors (Lipinski definition) is 0. The van der Waals surface area contributed by atoms with Gasteiger partial charge in [0.25, 0.3) is 0 Å². The molecule has 41 heavy (non-hydrogen) atoms. The molecule has 0 saturated carbocycles. The van der Waals surface area contributed by atoms with Crippen molar-refractivity contribution in [2.24, 2.45) is 0 Å². The molecule has 7 rings (SSSR count). The average molecular weight is 541 g/mol. The van der Waals surface area contributed by atoms with E-state index in [0.717, 1.165) is 45.1 Å². The van der Waals surface area contributed by atoms with Crippen LogP contribution in [0.2, 0.25) is 0 Å². The second kappa shape index (κ2) is 9.17. The van der Waals surface area contributed by atoms with E-state index < -0.39 is 5.60 Å². The summed E-state index contributed by atoms with van der Waals surface area (Å²) < 4.78 is 24.6. The van der Waals surface area contributed by atoms with E-state index in [9.17, 15) is 0 Å². The molecule has 0 radical (unpaired) electrons. The number of ether oxygens (including phenoxy) is 4. The molecule has 1 aliphatic carbocycles. The Hall–Kier alpha value is -4.70. The van der Waals surface area contributed by atoms with Gasteiger partial charge >= 0.3 is 0 Å². The van der Waals surface area contributed by atoms with Crippen LogP contribution in [0.5, 0.6) is 17.2 Å². The van der Waals surface area contributed by atoms with Crippen LogP contribution in [-0.4, -0.2) is 21.3 Å². The first kappa shape index (κ1) is 25.3. The minimum Gasteiger partial charge on any atom is -0.497 e. The van der Waals surface area contributed by atoms with Gasteiger partial charge in [0.15, 0.2) is 5.60 Å². The van der Waals surface area contributed by atoms with Gasteiger partial charge in [-0.2, -0.15) is 0 Å². The van der Waals surface area contributed by atoms with E-state index >= 15 is 0 Å². The fourth-order valence-corrected chi connectivity index (χ4v) is 6.78. The normalized spacial score (nSPS) is 15.7. The van der Waals surface area contributed by atoms with E-state index in [-0.39, 0.29) is 5.41 Å². The van der Waals surface area contributed by atoms with Crippen molar-refractivity contribution < 1.29 is 18.9 Å². The summed E-state index contributed by atoms with van der Waals surface area (Å²) in [4.78, 5) is 0. The van der Waals surface area contributed by atoms with Gasteiger partial charge in [0.1, 0.15) is 23.0 Å². The molecule has 0 bridgehead atoms. The zero-order chi connectivity index (χ0) is 28.4. The van der Waals surface area contributed by atoms with Crippen molar-refractivity contribution in [3.8, 4) is 28.4 Å². The van der Waals surface area contributed by atoms with Crippen LogP contribution in [0.25, 0.3) is 27.7 Å². The molecule has 5 aromatic rings. The van der Waals surface area contributed by atoms with Crippen LogP contribution in [0.3, 0.4) is 0 Å². The van der Waals surface area contributed by atoms with E-state index in [1.165, 1.54) is 27.6 Å². The fraction of sp³-hybridized carbons (Fsp3) is 0.189. The van der Waals surface area contributed by atoms with Crippen molar-refractivity contribution in [3.05, 3.63) is 131 Å². The Labute approximate surface area is 240 Å². The first-order chi connectivity index (χ1) is 19.9. The van der Waals surface area contributed by atoms with Crippen LogP contribution >= 0.6 is 0 Å². The summed E-state index contributed by atoms with van der Waals surface area (Å²) in [6.07, 6.45) is 2.13. The summed E-state index contributed by atoms with van der Waals surface area (Å²) in [6.45, 7) is 4.63. The molecule has 0 saturated heterocycles. The van der Waals surface area contributed by atoms with E-state index in [1.807, 2.05) is 24.3 Å². The number of benzene rings is 5. The minimum absolute atomic E-state index is 0.181. The number of hydrogen-bond acceptors (Lipinski definition) is 4. The van der Waals surface area contributed by atoms with E-state index in [1.54, 1.807) is 21.3 Å². The molecule has 0 N–H and O–H groups in total. The number of fused-ring (bicyclic) bond motifs is 8.